The highest BCUT2D eigenvalue weighted by atomic mass is 32.2. The molecule has 0 spiro atoms. The number of benzene rings is 1. The third kappa shape index (κ3) is 1.95. The fourth-order valence-corrected chi connectivity index (χ4v) is 3.04. The molecule has 0 atom stereocenters. The molecule has 0 saturated carbocycles. The van der Waals surface area contributed by atoms with Crippen LogP contribution in [-0.4, -0.2) is 24.5 Å². The first-order chi connectivity index (χ1) is 9.36. The molecule has 0 saturated heterocycles. The van der Waals surface area contributed by atoms with Gasteiger partial charge in [0.15, 0.2) is 11.6 Å². The highest BCUT2D eigenvalue weighted by Crippen LogP contribution is 2.14. The van der Waals surface area contributed by atoms with E-state index in [1.54, 1.807) is 12.1 Å². The van der Waals surface area contributed by atoms with Crippen molar-refractivity contribution in [2.75, 3.05) is 0 Å². The molecule has 2 aliphatic rings. The molecule has 0 aliphatic heterocycles. The number of rotatable bonds is 1. The Balaban J connectivity index is 2.50. The van der Waals surface area contributed by atoms with E-state index < -0.39 is 20.8 Å². The molecule has 0 heterocycles. The number of carbonyl (C=O) groups excluding carboxylic acids is 2. The lowest BCUT2D eigenvalue weighted by Crippen LogP contribution is -2.28. The second-order valence-electron chi connectivity index (χ2n) is 4.45. The van der Waals surface area contributed by atoms with Gasteiger partial charge in [-0.1, -0.05) is 12.2 Å². The second kappa shape index (κ2) is 4.09. The van der Waals surface area contributed by atoms with Crippen LogP contribution >= 0.6 is 0 Å². The number of ketones is 2. The molecular weight excluding hydrogens is 280 g/mol. The molecule has 0 bridgehead atoms. The standard InChI is InChI=1S/C14H8O5S/c15-11-3-1-8-7-12-9(5-10(8)6-11)2-4-13(16)14(12)20(17,18)19/h1-7H,(H,17,18,19). The minimum Gasteiger partial charge on any atom is -0.290 e. The Morgan fingerprint density at radius 1 is 0.900 bits per heavy atom. The van der Waals surface area contributed by atoms with Gasteiger partial charge in [0.05, 0.1) is 0 Å². The molecule has 1 aromatic carbocycles. The Morgan fingerprint density at radius 2 is 1.60 bits per heavy atom. The quantitative estimate of drug-likeness (QED) is 0.714. The van der Waals surface area contributed by atoms with Crippen molar-refractivity contribution in [2.24, 2.45) is 0 Å². The third-order valence-electron chi connectivity index (χ3n) is 3.12. The Morgan fingerprint density at radius 3 is 2.30 bits per heavy atom. The van der Waals surface area contributed by atoms with Crippen LogP contribution < -0.4 is 10.4 Å². The zero-order chi connectivity index (χ0) is 14.5. The van der Waals surface area contributed by atoms with Crippen molar-refractivity contribution in [1.82, 2.24) is 0 Å². The number of hydrogen-bond acceptors (Lipinski definition) is 4. The van der Waals surface area contributed by atoms with E-state index in [-0.39, 0.29) is 11.0 Å². The summed E-state index contributed by atoms with van der Waals surface area (Å²) in [7, 11) is -4.61. The average Bonchev–Trinajstić information content (AvgIpc) is 2.35. The van der Waals surface area contributed by atoms with Crippen LogP contribution in [0.4, 0.5) is 0 Å². The van der Waals surface area contributed by atoms with Gasteiger partial charge in [0.1, 0.15) is 4.91 Å². The van der Waals surface area contributed by atoms with Gasteiger partial charge in [0.2, 0.25) is 0 Å². The van der Waals surface area contributed by atoms with Crippen molar-refractivity contribution in [1.29, 1.82) is 0 Å². The van der Waals surface area contributed by atoms with E-state index in [4.69, 9.17) is 0 Å². The summed E-state index contributed by atoms with van der Waals surface area (Å²) in [5, 5.41) is 0.788. The van der Waals surface area contributed by atoms with Crippen molar-refractivity contribution in [3.63, 3.8) is 0 Å². The third-order valence-corrected chi connectivity index (χ3v) is 4.06. The second-order valence-corrected chi connectivity index (χ2v) is 5.81. The molecule has 2 aliphatic carbocycles. The number of fused-ring (bicyclic) bond motifs is 2. The monoisotopic (exact) mass is 288 g/mol. The fraction of sp³-hybridized carbons (Fsp3) is 0. The Hall–Kier alpha value is -2.31. The Labute approximate surface area is 114 Å². The normalized spacial score (nSPS) is 16.8. The summed E-state index contributed by atoms with van der Waals surface area (Å²) in [6.07, 6.45) is 6.86. The molecule has 6 heteroatoms. The largest absolute Gasteiger partial charge is 0.299 e. The van der Waals surface area contributed by atoms with Gasteiger partial charge in [-0.15, -0.1) is 0 Å². The van der Waals surface area contributed by atoms with Gasteiger partial charge in [0, 0.05) is 5.22 Å². The van der Waals surface area contributed by atoms with E-state index in [1.165, 1.54) is 24.3 Å². The van der Waals surface area contributed by atoms with Crippen LogP contribution in [0.2, 0.25) is 0 Å². The van der Waals surface area contributed by atoms with Gasteiger partial charge in [-0.05, 0) is 46.7 Å². The molecule has 3 rings (SSSR count). The van der Waals surface area contributed by atoms with E-state index in [0.29, 0.717) is 16.3 Å². The summed E-state index contributed by atoms with van der Waals surface area (Å²) in [5.41, 5.74) is 1.09. The summed E-state index contributed by atoms with van der Waals surface area (Å²) < 4.78 is 31.9. The SMILES string of the molecule is O=C1C=Cc2cc3c(cc2=C1)C=CC(=O)C=3S(=O)(=O)O. The van der Waals surface area contributed by atoms with Gasteiger partial charge < -0.3 is 0 Å². The topological polar surface area (TPSA) is 88.5 Å². The maximum absolute atomic E-state index is 11.7. The first-order valence-corrected chi connectivity index (χ1v) is 7.12. The van der Waals surface area contributed by atoms with Crippen LogP contribution in [0.25, 0.3) is 23.1 Å². The minimum absolute atomic E-state index is 0.145. The van der Waals surface area contributed by atoms with Crippen LogP contribution in [0, 0.1) is 0 Å². The summed E-state index contributed by atoms with van der Waals surface area (Å²) >= 11 is 0. The molecule has 100 valence electrons. The highest BCUT2D eigenvalue weighted by molar-refractivity contribution is 7.96. The molecule has 0 fully saturated rings. The van der Waals surface area contributed by atoms with E-state index in [9.17, 15) is 22.6 Å². The average molecular weight is 288 g/mol. The zero-order valence-corrected chi connectivity index (χ0v) is 10.8. The maximum Gasteiger partial charge on any atom is 0.299 e. The lowest BCUT2D eigenvalue weighted by atomic mass is 9.97. The molecular formula is C14H8O5S. The lowest BCUT2D eigenvalue weighted by Gasteiger charge is -2.10. The number of carbonyl (C=O) groups is 2. The van der Waals surface area contributed by atoms with Gasteiger partial charge in [-0.3, -0.25) is 14.1 Å². The number of hydrogen-bond donors (Lipinski definition) is 1. The number of allylic oxidation sites excluding steroid dienone is 2. The van der Waals surface area contributed by atoms with Crippen molar-refractivity contribution in [3.8, 4) is 0 Å². The molecule has 20 heavy (non-hydrogen) atoms. The predicted octanol–water partition coefficient (Wildman–Crippen LogP) is -0.345. The van der Waals surface area contributed by atoms with Crippen molar-refractivity contribution in [2.45, 2.75) is 0 Å². The van der Waals surface area contributed by atoms with Gasteiger partial charge in [-0.25, -0.2) is 0 Å². The van der Waals surface area contributed by atoms with E-state index in [2.05, 4.69) is 0 Å². The van der Waals surface area contributed by atoms with Crippen LogP contribution in [0.1, 0.15) is 11.1 Å². The van der Waals surface area contributed by atoms with E-state index in [0.717, 1.165) is 6.08 Å². The molecule has 1 N–H and O–H groups in total. The van der Waals surface area contributed by atoms with Crippen molar-refractivity contribution in [3.05, 3.63) is 45.8 Å². The molecule has 5 nitrogen and oxygen atoms in total. The molecule has 0 radical (unpaired) electrons. The first-order valence-electron chi connectivity index (χ1n) is 5.68. The highest BCUT2D eigenvalue weighted by Gasteiger charge is 2.25. The summed E-state index contributed by atoms with van der Waals surface area (Å²) in [6, 6.07) is 3.09. The van der Waals surface area contributed by atoms with E-state index >= 15 is 0 Å². The Bertz CT molecular complexity index is 946. The lowest BCUT2D eigenvalue weighted by molar-refractivity contribution is -0.110. The van der Waals surface area contributed by atoms with Crippen LogP contribution in [0.5, 0.6) is 0 Å². The Kier molecular flexibility index (Phi) is 2.60. The molecule has 0 amide bonds. The smallest absolute Gasteiger partial charge is 0.290 e. The molecule has 0 unspecified atom stereocenters. The van der Waals surface area contributed by atoms with Crippen molar-refractivity contribution >= 4 is 44.8 Å². The summed E-state index contributed by atoms with van der Waals surface area (Å²) in [5.74, 6) is -0.924. The molecule has 0 aromatic heterocycles. The van der Waals surface area contributed by atoms with Gasteiger partial charge in [-0.2, -0.15) is 8.42 Å². The predicted molar refractivity (Wildman–Crippen MR) is 73.2 cm³/mol. The minimum atomic E-state index is -4.61. The van der Waals surface area contributed by atoms with E-state index in [1.807, 2.05) is 0 Å². The fourth-order valence-electron chi connectivity index (χ4n) is 2.27. The van der Waals surface area contributed by atoms with Crippen molar-refractivity contribution < 1.29 is 22.6 Å². The summed E-state index contributed by atoms with van der Waals surface area (Å²) in [6.45, 7) is 0. The maximum atomic E-state index is 11.7. The van der Waals surface area contributed by atoms with Crippen LogP contribution in [-0.2, 0) is 19.7 Å². The van der Waals surface area contributed by atoms with Gasteiger partial charge in [0.25, 0.3) is 10.1 Å². The first kappa shape index (κ1) is 12.7. The summed E-state index contributed by atoms with van der Waals surface area (Å²) in [4.78, 5) is 22.4. The van der Waals surface area contributed by atoms with Gasteiger partial charge >= 0.3 is 0 Å². The zero-order valence-electron chi connectivity index (χ0n) is 10.0. The van der Waals surface area contributed by atoms with Crippen LogP contribution in [0.15, 0.2) is 24.3 Å². The molecule has 1 aromatic rings. The van der Waals surface area contributed by atoms with Crippen LogP contribution in [0.3, 0.4) is 0 Å².